The second-order valence-electron chi connectivity index (χ2n) is 6.22. The highest BCUT2D eigenvalue weighted by atomic mass is 16.5. The van der Waals surface area contributed by atoms with Crippen molar-refractivity contribution < 1.29 is 39.5 Å². The maximum atomic E-state index is 11.7. The highest BCUT2D eigenvalue weighted by molar-refractivity contribution is 5.83. The van der Waals surface area contributed by atoms with Crippen molar-refractivity contribution in [2.45, 2.75) is 56.5 Å². The number of rotatable bonds is 7. The number of aryl methyl sites for hydroxylation is 1. The number of esters is 1. The fourth-order valence-corrected chi connectivity index (χ4v) is 2.80. The average Bonchev–Trinajstić information content (AvgIpc) is 3.11. The van der Waals surface area contributed by atoms with Crippen LogP contribution in [0.15, 0.2) is 6.20 Å². The Balaban J connectivity index is 2.05. The van der Waals surface area contributed by atoms with Crippen LogP contribution >= 0.6 is 0 Å². The van der Waals surface area contributed by atoms with E-state index in [0.29, 0.717) is 0 Å². The lowest BCUT2D eigenvalue weighted by Gasteiger charge is -2.39. The SMILES string of the molecule is COC(=O)C(CCn1cc([C@@H]2O[C@H](CO)[C@H](O)[C@H](O)[C@H]2O)nn1)NC(C)=O. The van der Waals surface area contributed by atoms with Crippen molar-refractivity contribution in [3.05, 3.63) is 11.9 Å². The monoisotopic (exact) mass is 388 g/mol. The third-order valence-electron chi connectivity index (χ3n) is 4.25. The van der Waals surface area contributed by atoms with Gasteiger partial charge < -0.3 is 35.2 Å². The number of ether oxygens (including phenoxy) is 2. The number of carbonyl (C=O) groups is 2. The van der Waals surface area contributed by atoms with Crippen molar-refractivity contribution in [2.75, 3.05) is 13.7 Å². The summed E-state index contributed by atoms with van der Waals surface area (Å²) < 4.78 is 11.4. The minimum Gasteiger partial charge on any atom is -0.467 e. The largest absolute Gasteiger partial charge is 0.467 e. The number of hydrogen-bond acceptors (Lipinski definition) is 10. The van der Waals surface area contributed by atoms with Crippen LogP contribution in [0.1, 0.15) is 25.1 Å². The first-order chi connectivity index (χ1) is 12.8. The maximum absolute atomic E-state index is 11.7. The molecule has 1 aromatic heterocycles. The summed E-state index contributed by atoms with van der Waals surface area (Å²) in [7, 11) is 1.21. The first-order valence-corrected chi connectivity index (χ1v) is 8.34. The molecular weight excluding hydrogens is 364 g/mol. The van der Waals surface area contributed by atoms with E-state index in [1.54, 1.807) is 0 Å². The average molecular weight is 388 g/mol. The number of aliphatic hydroxyl groups is 4. The van der Waals surface area contributed by atoms with Gasteiger partial charge in [0.1, 0.15) is 42.3 Å². The van der Waals surface area contributed by atoms with Crippen molar-refractivity contribution in [1.29, 1.82) is 0 Å². The summed E-state index contributed by atoms with van der Waals surface area (Å²) in [6.07, 6.45) is -4.97. The smallest absolute Gasteiger partial charge is 0.328 e. The Morgan fingerprint density at radius 1 is 1.33 bits per heavy atom. The molecule has 1 aliphatic rings. The Morgan fingerprint density at radius 2 is 2.04 bits per heavy atom. The molecule has 0 radical (unpaired) electrons. The molecule has 2 rings (SSSR count). The van der Waals surface area contributed by atoms with Crippen LogP contribution in [0.3, 0.4) is 0 Å². The predicted molar refractivity (Wildman–Crippen MR) is 87.0 cm³/mol. The summed E-state index contributed by atoms with van der Waals surface area (Å²) >= 11 is 0. The van der Waals surface area contributed by atoms with Crippen LogP contribution in [0, 0.1) is 0 Å². The van der Waals surface area contributed by atoms with E-state index in [1.807, 2.05) is 0 Å². The fourth-order valence-electron chi connectivity index (χ4n) is 2.80. The summed E-state index contributed by atoms with van der Waals surface area (Å²) in [6, 6.07) is -0.854. The lowest BCUT2D eigenvalue weighted by atomic mass is 9.94. The second kappa shape index (κ2) is 9.19. The lowest BCUT2D eigenvalue weighted by molar-refractivity contribution is -0.232. The zero-order valence-corrected chi connectivity index (χ0v) is 14.9. The molecule has 1 fully saturated rings. The molecule has 152 valence electrons. The van der Waals surface area contributed by atoms with E-state index in [1.165, 1.54) is 24.9 Å². The van der Waals surface area contributed by atoms with Crippen LogP contribution in [0.2, 0.25) is 0 Å². The first-order valence-electron chi connectivity index (χ1n) is 8.34. The van der Waals surface area contributed by atoms with E-state index >= 15 is 0 Å². The van der Waals surface area contributed by atoms with Gasteiger partial charge in [-0.05, 0) is 6.42 Å². The molecule has 0 aromatic carbocycles. The van der Waals surface area contributed by atoms with Gasteiger partial charge >= 0.3 is 5.97 Å². The molecular formula is C15H24N4O8. The van der Waals surface area contributed by atoms with Crippen molar-refractivity contribution >= 4 is 11.9 Å². The van der Waals surface area contributed by atoms with E-state index in [-0.39, 0.29) is 24.6 Å². The number of methoxy groups -OCH3 is 1. The van der Waals surface area contributed by atoms with E-state index in [0.717, 1.165) is 0 Å². The minimum absolute atomic E-state index is 0.182. The van der Waals surface area contributed by atoms with Gasteiger partial charge in [-0.3, -0.25) is 9.48 Å². The van der Waals surface area contributed by atoms with E-state index in [9.17, 15) is 30.0 Å². The number of nitrogens with zero attached hydrogens (tertiary/aromatic N) is 3. The van der Waals surface area contributed by atoms with Gasteiger partial charge in [0, 0.05) is 13.5 Å². The zero-order valence-electron chi connectivity index (χ0n) is 14.9. The van der Waals surface area contributed by atoms with Gasteiger partial charge in [0.2, 0.25) is 5.91 Å². The predicted octanol–water partition coefficient (Wildman–Crippen LogP) is -3.14. The van der Waals surface area contributed by atoms with Crippen molar-refractivity contribution in [3.63, 3.8) is 0 Å². The number of carbonyl (C=O) groups excluding carboxylic acids is 2. The normalized spacial score (nSPS) is 29.2. The van der Waals surface area contributed by atoms with E-state index in [2.05, 4.69) is 20.4 Å². The van der Waals surface area contributed by atoms with Crippen LogP contribution in [-0.2, 0) is 25.6 Å². The highest BCUT2D eigenvalue weighted by Gasteiger charge is 2.45. The van der Waals surface area contributed by atoms with Crippen molar-refractivity contribution in [3.8, 4) is 0 Å². The molecule has 12 nitrogen and oxygen atoms in total. The third-order valence-corrected chi connectivity index (χ3v) is 4.25. The second-order valence-corrected chi connectivity index (χ2v) is 6.22. The highest BCUT2D eigenvalue weighted by Crippen LogP contribution is 2.31. The quantitative estimate of drug-likeness (QED) is 0.300. The summed E-state index contributed by atoms with van der Waals surface area (Å²) in [5, 5.41) is 49.2. The van der Waals surface area contributed by atoms with Gasteiger partial charge in [0.25, 0.3) is 0 Å². The third kappa shape index (κ3) is 4.99. The van der Waals surface area contributed by atoms with E-state index in [4.69, 9.17) is 4.74 Å². The molecule has 6 atom stereocenters. The van der Waals surface area contributed by atoms with Gasteiger partial charge in [0.05, 0.1) is 19.9 Å². The Morgan fingerprint density at radius 3 is 2.63 bits per heavy atom. The van der Waals surface area contributed by atoms with Gasteiger partial charge in [-0.2, -0.15) is 0 Å². The molecule has 1 aliphatic heterocycles. The molecule has 12 heteroatoms. The van der Waals surface area contributed by atoms with Crippen molar-refractivity contribution in [2.24, 2.45) is 0 Å². The molecule has 0 bridgehead atoms. The Hall–Kier alpha value is -2.12. The van der Waals surface area contributed by atoms with Gasteiger partial charge in [-0.25, -0.2) is 4.79 Å². The van der Waals surface area contributed by atoms with Gasteiger partial charge in [0.15, 0.2) is 0 Å². The van der Waals surface area contributed by atoms with E-state index < -0.39 is 49.1 Å². The molecule has 2 heterocycles. The molecule has 1 saturated heterocycles. The molecule has 5 N–H and O–H groups in total. The van der Waals surface area contributed by atoms with Crippen LogP contribution in [0.5, 0.6) is 0 Å². The number of aromatic nitrogens is 3. The summed E-state index contributed by atoms with van der Waals surface area (Å²) in [5.41, 5.74) is 0.182. The standard InChI is InChI=1S/C15H24N4O8/c1-7(21)16-8(15(25)26-2)3-4-19-5-9(17-18-19)14-13(24)12(23)11(22)10(6-20)27-14/h5,8,10-14,20,22-24H,3-4,6H2,1-2H3,(H,16,21)/t8?,10-,11+,12+,13-,14+/m1/s1. The minimum atomic E-state index is -1.52. The molecule has 0 saturated carbocycles. The number of amides is 1. The van der Waals surface area contributed by atoms with Gasteiger partial charge in [-0.15, -0.1) is 5.10 Å². The summed E-state index contributed by atoms with van der Waals surface area (Å²) in [4.78, 5) is 22.9. The molecule has 27 heavy (non-hydrogen) atoms. The van der Waals surface area contributed by atoms with Gasteiger partial charge in [-0.1, -0.05) is 5.21 Å². The topological polar surface area (TPSA) is 176 Å². The Bertz CT molecular complexity index is 652. The zero-order chi connectivity index (χ0) is 20.1. The Labute approximate surface area is 154 Å². The number of nitrogens with one attached hydrogen (secondary N) is 1. The number of aliphatic hydroxyl groups excluding tert-OH is 4. The molecule has 0 spiro atoms. The maximum Gasteiger partial charge on any atom is 0.328 e. The summed E-state index contributed by atoms with van der Waals surface area (Å²) in [5.74, 6) is -0.981. The molecule has 1 aromatic rings. The van der Waals surface area contributed by atoms with Crippen LogP contribution < -0.4 is 5.32 Å². The van der Waals surface area contributed by atoms with Crippen LogP contribution in [-0.4, -0.2) is 91.5 Å². The first kappa shape index (κ1) is 21.2. The van der Waals surface area contributed by atoms with Crippen LogP contribution in [0.25, 0.3) is 0 Å². The van der Waals surface area contributed by atoms with Crippen LogP contribution in [0.4, 0.5) is 0 Å². The summed E-state index contributed by atoms with van der Waals surface area (Å²) in [6.45, 7) is 0.931. The molecule has 1 amide bonds. The lowest BCUT2D eigenvalue weighted by Crippen LogP contribution is -2.55. The molecule has 0 aliphatic carbocycles. The fraction of sp³-hybridized carbons (Fsp3) is 0.733. The Kier molecular flexibility index (Phi) is 7.21. The van der Waals surface area contributed by atoms with Crippen molar-refractivity contribution in [1.82, 2.24) is 20.3 Å². The molecule has 1 unspecified atom stereocenters. The number of hydrogen-bond donors (Lipinski definition) is 5.